The van der Waals surface area contributed by atoms with E-state index in [0.717, 1.165) is 35.6 Å². The van der Waals surface area contributed by atoms with Crippen molar-refractivity contribution in [3.8, 4) is 17.3 Å². The van der Waals surface area contributed by atoms with E-state index < -0.39 is 0 Å². The molecule has 1 N–H and O–H groups in total. The third-order valence-electron chi connectivity index (χ3n) is 6.14. The van der Waals surface area contributed by atoms with Crippen LogP contribution in [0.5, 0.6) is 0 Å². The molecule has 4 aromatic rings. The Morgan fingerprint density at radius 3 is 2.69 bits per heavy atom. The van der Waals surface area contributed by atoms with E-state index in [1.54, 1.807) is 10.9 Å². The summed E-state index contributed by atoms with van der Waals surface area (Å²) in [6, 6.07) is 14.8. The maximum atomic E-state index is 8.78. The summed E-state index contributed by atoms with van der Waals surface area (Å²) in [5.74, 6) is 1.18. The second-order valence-corrected chi connectivity index (χ2v) is 8.36. The van der Waals surface area contributed by atoms with E-state index in [4.69, 9.17) is 10.4 Å². The molecule has 0 saturated carbocycles. The van der Waals surface area contributed by atoms with Crippen LogP contribution in [0.2, 0.25) is 0 Å². The van der Waals surface area contributed by atoms with Crippen LogP contribution in [0.15, 0.2) is 55.0 Å². The number of fused-ring (bicyclic) bond motifs is 1. The molecule has 5 rings (SSSR count). The van der Waals surface area contributed by atoms with E-state index in [1.165, 1.54) is 18.4 Å². The Balaban J connectivity index is 1.33. The predicted octanol–water partition coefficient (Wildman–Crippen LogP) is 4.06. The van der Waals surface area contributed by atoms with Crippen molar-refractivity contribution < 1.29 is 0 Å². The average Bonchev–Trinajstić information content (AvgIpc) is 3.45. The van der Waals surface area contributed by atoms with Crippen LogP contribution in [0.3, 0.4) is 0 Å². The molecule has 8 heteroatoms. The van der Waals surface area contributed by atoms with Gasteiger partial charge in [-0.25, -0.2) is 9.50 Å². The molecule has 8 nitrogen and oxygen atoms in total. The number of anilines is 2. The summed E-state index contributed by atoms with van der Waals surface area (Å²) in [6.07, 6.45) is 8.42. The molecule has 3 aromatic heterocycles. The van der Waals surface area contributed by atoms with E-state index in [-0.39, 0.29) is 0 Å². The van der Waals surface area contributed by atoms with Gasteiger partial charge in [0.15, 0.2) is 0 Å². The van der Waals surface area contributed by atoms with E-state index in [1.807, 2.05) is 29.0 Å². The number of nitrogens with one attached hydrogen (secondary N) is 1. The minimum absolute atomic E-state index is 0.433. The summed E-state index contributed by atoms with van der Waals surface area (Å²) in [4.78, 5) is 6.87. The Kier molecular flexibility index (Phi) is 5.57. The Morgan fingerprint density at radius 1 is 1.09 bits per heavy atom. The molecule has 1 saturated heterocycles. The molecule has 1 aliphatic heterocycles. The standard InChI is InChI=1S/C24H26N8/c1-30-13-9-19(10-14-30)18-3-5-21(6-4-18)28-24-26-16-22-7-8-23(32(22)29-24)20-15-27-31(17-20)12-2-11-25/h3-8,15-17,19H,2,9-10,12-14H2,1H3,(H,28,29). The van der Waals surface area contributed by atoms with Crippen LogP contribution in [-0.4, -0.2) is 49.4 Å². The van der Waals surface area contributed by atoms with Crippen molar-refractivity contribution in [2.75, 3.05) is 25.5 Å². The molecule has 162 valence electrons. The summed E-state index contributed by atoms with van der Waals surface area (Å²) in [5, 5.41) is 21.2. The number of aromatic nitrogens is 5. The third-order valence-corrected chi connectivity index (χ3v) is 6.14. The van der Waals surface area contributed by atoms with E-state index in [2.05, 4.69) is 57.7 Å². The van der Waals surface area contributed by atoms with E-state index >= 15 is 0 Å². The van der Waals surface area contributed by atoms with Gasteiger partial charge >= 0.3 is 0 Å². The topological polar surface area (TPSA) is 87.1 Å². The van der Waals surface area contributed by atoms with Crippen LogP contribution in [0.25, 0.3) is 16.8 Å². The number of benzene rings is 1. The fourth-order valence-electron chi connectivity index (χ4n) is 4.27. The zero-order valence-electron chi connectivity index (χ0n) is 18.1. The van der Waals surface area contributed by atoms with Crippen LogP contribution >= 0.6 is 0 Å². The maximum absolute atomic E-state index is 8.78. The van der Waals surface area contributed by atoms with Crippen LogP contribution in [0, 0.1) is 11.3 Å². The van der Waals surface area contributed by atoms with Gasteiger partial charge in [0.25, 0.3) is 0 Å². The van der Waals surface area contributed by atoms with Crippen LogP contribution in [-0.2, 0) is 6.54 Å². The molecular formula is C24H26N8. The molecule has 0 radical (unpaired) electrons. The second-order valence-electron chi connectivity index (χ2n) is 8.36. The van der Waals surface area contributed by atoms with Crippen molar-refractivity contribution in [3.05, 3.63) is 60.6 Å². The van der Waals surface area contributed by atoms with Crippen molar-refractivity contribution in [3.63, 3.8) is 0 Å². The largest absolute Gasteiger partial charge is 0.323 e. The molecule has 0 aliphatic carbocycles. The van der Waals surface area contributed by atoms with Gasteiger partial charge in [0, 0.05) is 17.4 Å². The van der Waals surface area contributed by atoms with Gasteiger partial charge in [0.05, 0.1) is 42.6 Å². The fraction of sp³-hybridized carbons (Fsp3) is 0.333. The number of aryl methyl sites for hydroxylation is 1. The van der Waals surface area contributed by atoms with Crippen LogP contribution in [0.4, 0.5) is 11.6 Å². The van der Waals surface area contributed by atoms with Gasteiger partial charge in [-0.05, 0) is 68.7 Å². The van der Waals surface area contributed by atoms with Gasteiger partial charge in [0.1, 0.15) is 0 Å². The Hall–Kier alpha value is -3.70. The van der Waals surface area contributed by atoms with Crippen LogP contribution < -0.4 is 5.32 Å². The normalized spacial score (nSPS) is 15.1. The lowest BCUT2D eigenvalue weighted by Gasteiger charge is -2.29. The molecule has 32 heavy (non-hydrogen) atoms. The van der Waals surface area contributed by atoms with Crippen molar-refractivity contribution in [1.29, 1.82) is 5.26 Å². The van der Waals surface area contributed by atoms with E-state index in [9.17, 15) is 0 Å². The molecule has 4 heterocycles. The van der Waals surface area contributed by atoms with Crippen molar-refractivity contribution >= 4 is 17.2 Å². The lowest BCUT2D eigenvalue weighted by atomic mass is 9.89. The zero-order chi connectivity index (χ0) is 21.9. The smallest absolute Gasteiger partial charge is 0.245 e. The Bertz CT molecular complexity index is 1240. The first-order chi connectivity index (χ1) is 15.7. The highest BCUT2D eigenvalue weighted by Gasteiger charge is 2.18. The van der Waals surface area contributed by atoms with Gasteiger partial charge in [-0.15, -0.1) is 5.10 Å². The number of hydrogen-bond acceptors (Lipinski definition) is 6. The minimum atomic E-state index is 0.433. The molecular weight excluding hydrogens is 400 g/mol. The Morgan fingerprint density at radius 2 is 1.91 bits per heavy atom. The summed E-state index contributed by atoms with van der Waals surface area (Å²) in [7, 11) is 2.19. The van der Waals surface area contributed by atoms with Gasteiger partial charge in [-0.3, -0.25) is 4.68 Å². The monoisotopic (exact) mass is 426 g/mol. The first-order valence-corrected chi connectivity index (χ1v) is 11.0. The molecule has 0 unspecified atom stereocenters. The number of nitriles is 1. The summed E-state index contributed by atoms with van der Waals surface area (Å²) in [5.41, 5.74) is 5.18. The number of hydrogen-bond donors (Lipinski definition) is 1. The molecule has 1 aromatic carbocycles. The first-order valence-electron chi connectivity index (χ1n) is 11.0. The van der Waals surface area contributed by atoms with Gasteiger partial charge in [-0.1, -0.05) is 12.1 Å². The summed E-state index contributed by atoms with van der Waals surface area (Å²) >= 11 is 0. The van der Waals surface area contributed by atoms with Crippen molar-refractivity contribution in [1.82, 2.24) is 29.3 Å². The average molecular weight is 427 g/mol. The number of rotatable bonds is 6. The molecule has 0 spiro atoms. The second kappa shape index (κ2) is 8.81. The summed E-state index contributed by atoms with van der Waals surface area (Å²) in [6.45, 7) is 2.90. The highest BCUT2D eigenvalue weighted by molar-refractivity contribution is 5.66. The van der Waals surface area contributed by atoms with Gasteiger partial charge in [0.2, 0.25) is 5.95 Å². The SMILES string of the molecule is CN1CCC(c2ccc(Nc3ncc4ccc(-c5cnn(CCC#N)c5)n4n3)cc2)CC1. The quantitative estimate of drug-likeness (QED) is 0.500. The maximum Gasteiger partial charge on any atom is 0.245 e. The summed E-state index contributed by atoms with van der Waals surface area (Å²) < 4.78 is 3.65. The molecule has 0 amide bonds. The first kappa shape index (κ1) is 20.2. The lowest BCUT2D eigenvalue weighted by Crippen LogP contribution is -2.29. The van der Waals surface area contributed by atoms with Crippen LogP contribution in [0.1, 0.15) is 30.7 Å². The minimum Gasteiger partial charge on any atom is -0.323 e. The predicted molar refractivity (Wildman–Crippen MR) is 124 cm³/mol. The molecule has 1 aliphatic rings. The lowest BCUT2D eigenvalue weighted by molar-refractivity contribution is 0.255. The fourth-order valence-corrected chi connectivity index (χ4v) is 4.27. The molecule has 1 fully saturated rings. The molecule has 0 bridgehead atoms. The Labute approximate surface area is 187 Å². The highest BCUT2D eigenvalue weighted by atomic mass is 15.3. The van der Waals surface area contributed by atoms with Crippen molar-refractivity contribution in [2.24, 2.45) is 0 Å². The van der Waals surface area contributed by atoms with E-state index in [0.29, 0.717) is 24.8 Å². The number of likely N-dealkylation sites (tertiary alicyclic amines) is 1. The number of piperidine rings is 1. The van der Waals surface area contributed by atoms with Gasteiger partial charge in [-0.2, -0.15) is 10.4 Å². The highest BCUT2D eigenvalue weighted by Crippen LogP contribution is 2.29. The van der Waals surface area contributed by atoms with Crippen molar-refractivity contribution in [2.45, 2.75) is 31.7 Å². The molecule has 0 atom stereocenters. The van der Waals surface area contributed by atoms with Gasteiger partial charge < -0.3 is 10.2 Å². The third kappa shape index (κ3) is 4.20. The zero-order valence-corrected chi connectivity index (χ0v) is 18.1. The number of nitrogens with zero attached hydrogens (tertiary/aromatic N) is 7.